The minimum atomic E-state index is 0.701. The smallest absolute Gasteiger partial charge is 0.170 e. The van der Waals surface area contributed by atoms with Crippen LogP contribution in [0.15, 0.2) is 24.3 Å². The Kier molecular flexibility index (Phi) is 5.45. The van der Waals surface area contributed by atoms with E-state index in [1.165, 1.54) is 38.0 Å². The van der Waals surface area contributed by atoms with Crippen LogP contribution in [0, 0.1) is 0 Å². The van der Waals surface area contributed by atoms with E-state index in [4.69, 9.17) is 12.2 Å². The fourth-order valence-corrected chi connectivity index (χ4v) is 2.54. The van der Waals surface area contributed by atoms with Gasteiger partial charge < -0.3 is 15.5 Å². The van der Waals surface area contributed by atoms with Crippen molar-refractivity contribution in [3.05, 3.63) is 24.3 Å². The van der Waals surface area contributed by atoms with Crippen molar-refractivity contribution in [2.24, 2.45) is 0 Å². The number of nitrogens with zero attached hydrogens (tertiary/aromatic N) is 1. The lowest BCUT2D eigenvalue weighted by atomic mass is 10.1. The molecule has 0 unspecified atom stereocenters. The average Bonchev–Trinajstić information content (AvgIpc) is 2.47. The summed E-state index contributed by atoms with van der Waals surface area (Å²) in [4.78, 5) is 2.46. The van der Waals surface area contributed by atoms with Gasteiger partial charge in [-0.05, 0) is 62.2 Å². The van der Waals surface area contributed by atoms with Crippen molar-refractivity contribution in [2.45, 2.75) is 32.6 Å². The van der Waals surface area contributed by atoms with Crippen LogP contribution < -0.4 is 15.5 Å². The second-order valence-corrected chi connectivity index (χ2v) is 5.38. The van der Waals surface area contributed by atoms with Crippen LogP contribution in [0.3, 0.4) is 0 Å². The zero-order valence-corrected chi connectivity index (χ0v) is 12.4. The molecule has 19 heavy (non-hydrogen) atoms. The molecule has 1 aliphatic heterocycles. The highest BCUT2D eigenvalue weighted by Crippen LogP contribution is 2.21. The van der Waals surface area contributed by atoms with E-state index in [0.717, 1.165) is 18.7 Å². The highest BCUT2D eigenvalue weighted by atomic mass is 32.1. The fourth-order valence-electron chi connectivity index (χ4n) is 2.32. The van der Waals surface area contributed by atoms with E-state index in [0.29, 0.717) is 5.11 Å². The summed E-state index contributed by atoms with van der Waals surface area (Å²) in [6.07, 6.45) is 5.07. The molecule has 0 saturated carbocycles. The molecule has 0 aliphatic carbocycles. The third kappa shape index (κ3) is 4.39. The SMILES string of the molecule is CCCNC(=S)Nc1ccc(N2CCCCC2)cc1. The summed E-state index contributed by atoms with van der Waals surface area (Å²) in [7, 11) is 0. The third-order valence-corrected chi connectivity index (χ3v) is 3.63. The maximum absolute atomic E-state index is 5.23. The summed E-state index contributed by atoms with van der Waals surface area (Å²) < 4.78 is 0. The fraction of sp³-hybridized carbons (Fsp3) is 0.533. The maximum atomic E-state index is 5.23. The Morgan fingerprint density at radius 1 is 1.16 bits per heavy atom. The molecule has 0 bridgehead atoms. The molecule has 2 N–H and O–H groups in total. The number of thiocarbonyl (C=S) groups is 1. The van der Waals surface area contributed by atoms with Crippen LogP contribution in [0.25, 0.3) is 0 Å². The molecule has 1 heterocycles. The first-order chi connectivity index (χ1) is 9.29. The zero-order valence-electron chi connectivity index (χ0n) is 11.6. The normalized spacial score (nSPS) is 15.1. The number of nitrogens with one attached hydrogen (secondary N) is 2. The Bertz CT molecular complexity index is 396. The zero-order chi connectivity index (χ0) is 13.5. The largest absolute Gasteiger partial charge is 0.372 e. The summed E-state index contributed by atoms with van der Waals surface area (Å²) >= 11 is 5.23. The summed E-state index contributed by atoms with van der Waals surface area (Å²) in [6, 6.07) is 8.56. The van der Waals surface area contributed by atoms with Gasteiger partial charge in [-0.15, -0.1) is 0 Å². The predicted molar refractivity (Wildman–Crippen MR) is 87.0 cm³/mol. The van der Waals surface area contributed by atoms with E-state index in [-0.39, 0.29) is 0 Å². The predicted octanol–water partition coefficient (Wildman–Crippen LogP) is 3.37. The quantitative estimate of drug-likeness (QED) is 0.825. The molecule has 0 aromatic heterocycles. The van der Waals surface area contributed by atoms with Crippen molar-refractivity contribution >= 4 is 28.7 Å². The van der Waals surface area contributed by atoms with Gasteiger partial charge in [0.1, 0.15) is 0 Å². The highest BCUT2D eigenvalue weighted by molar-refractivity contribution is 7.80. The molecule has 1 fully saturated rings. The second kappa shape index (κ2) is 7.34. The van der Waals surface area contributed by atoms with Gasteiger partial charge in [-0.1, -0.05) is 6.92 Å². The standard InChI is InChI=1S/C15H23N3S/c1-2-10-16-15(19)17-13-6-8-14(9-7-13)18-11-4-3-5-12-18/h6-9H,2-5,10-12H2,1H3,(H2,16,17,19). The Morgan fingerprint density at radius 3 is 2.47 bits per heavy atom. The lowest BCUT2D eigenvalue weighted by molar-refractivity contribution is 0.578. The van der Waals surface area contributed by atoms with E-state index in [1.54, 1.807) is 0 Å². The molecule has 0 amide bonds. The Hall–Kier alpha value is -1.29. The monoisotopic (exact) mass is 277 g/mol. The minimum Gasteiger partial charge on any atom is -0.372 e. The van der Waals surface area contributed by atoms with Crippen LogP contribution in [0.1, 0.15) is 32.6 Å². The number of anilines is 2. The second-order valence-electron chi connectivity index (χ2n) is 4.98. The molecule has 0 spiro atoms. The first-order valence-corrected chi connectivity index (χ1v) is 7.60. The van der Waals surface area contributed by atoms with E-state index < -0.39 is 0 Å². The van der Waals surface area contributed by atoms with Gasteiger partial charge in [0.2, 0.25) is 0 Å². The van der Waals surface area contributed by atoms with Gasteiger partial charge >= 0.3 is 0 Å². The highest BCUT2D eigenvalue weighted by Gasteiger charge is 2.10. The molecule has 1 aromatic rings. The lowest BCUT2D eigenvalue weighted by Crippen LogP contribution is -2.30. The molecule has 104 valence electrons. The molecule has 1 saturated heterocycles. The van der Waals surface area contributed by atoms with E-state index in [1.807, 2.05) is 0 Å². The van der Waals surface area contributed by atoms with Crippen LogP contribution in [0.4, 0.5) is 11.4 Å². The van der Waals surface area contributed by atoms with E-state index in [9.17, 15) is 0 Å². The van der Waals surface area contributed by atoms with Gasteiger partial charge in [0, 0.05) is 31.0 Å². The third-order valence-electron chi connectivity index (χ3n) is 3.38. The van der Waals surface area contributed by atoms with E-state index >= 15 is 0 Å². The molecule has 1 aliphatic rings. The lowest BCUT2D eigenvalue weighted by Gasteiger charge is -2.28. The van der Waals surface area contributed by atoms with Gasteiger partial charge in [-0.25, -0.2) is 0 Å². The summed E-state index contributed by atoms with van der Waals surface area (Å²) in [5.41, 5.74) is 2.37. The first-order valence-electron chi connectivity index (χ1n) is 7.19. The number of piperidine rings is 1. The van der Waals surface area contributed by atoms with Crippen molar-refractivity contribution in [3.8, 4) is 0 Å². The van der Waals surface area contributed by atoms with Gasteiger partial charge in [-0.3, -0.25) is 0 Å². The Balaban J connectivity index is 1.88. The minimum absolute atomic E-state index is 0.701. The molecular formula is C15H23N3S. The molecule has 1 aromatic carbocycles. The van der Waals surface area contributed by atoms with Crippen LogP contribution in [0.5, 0.6) is 0 Å². The van der Waals surface area contributed by atoms with Crippen molar-refractivity contribution in [2.75, 3.05) is 29.9 Å². The van der Waals surface area contributed by atoms with Gasteiger partial charge in [0.15, 0.2) is 5.11 Å². The van der Waals surface area contributed by atoms with Crippen molar-refractivity contribution in [3.63, 3.8) is 0 Å². The molecular weight excluding hydrogens is 254 g/mol. The van der Waals surface area contributed by atoms with E-state index in [2.05, 4.69) is 46.7 Å². The molecule has 0 radical (unpaired) electrons. The number of rotatable bonds is 4. The van der Waals surface area contributed by atoms with Gasteiger partial charge in [0.05, 0.1) is 0 Å². The topological polar surface area (TPSA) is 27.3 Å². The molecule has 4 heteroatoms. The molecule has 0 atom stereocenters. The van der Waals surface area contributed by atoms with Crippen molar-refractivity contribution < 1.29 is 0 Å². The van der Waals surface area contributed by atoms with Gasteiger partial charge in [-0.2, -0.15) is 0 Å². The summed E-state index contributed by atoms with van der Waals surface area (Å²) in [5, 5.41) is 7.08. The van der Waals surface area contributed by atoms with Crippen LogP contribution in [-0.4, -0.2) is 24.7 Å². The number of hydrogen-bond acceptors (Lipinski definition) is 2. The van der Waals surface area contributed by atoms with Crippen molar-refractivity contribution in [1.29, 1.82) is 0 Å². The Labute approximate surface area is 121 Å². The molecule has 3 nitrogen and oxygen atoms in total. The van der Waals surface area contributed by atoms with Crippen LogP contribution in [-0.2, 0) is 0 Å². The van der Waals surface area contributed by atoms with Crippen LogP contribution in [0.2, 0.25) is 0 Å². The molecule has 2 rings (SSSR count). The Morgan fingerprint density at radius 2 is 1.84 bits per heavy atom. The first kappa shape index (κ1) is 14.1. The summed E-state index contributed by atoms with van der Waals surface area (Å²) in [6.45, 7) is 5.41. The number of benzene rings is 1. The van der Waals surface area contributed by atoms with Gasteiger partial charge in [0.25, 0.3) is 0 Å². The maximum Gasteiger partial charge on any atom is 0.170 e. The van der Waals surface area contributed by atoms with Crippen LogP contribution >= 0.6 is 12.2 Å². The van der Waals surface area contributed by atoms with Crippen molar-refractivity contribution in [1.82, 2.24) is 5.32 Å². The average molecular weight is 277 g/mol. The summed E-state index contributed by atoms with van der Waals surface area (Å²) in [5.74, 6) is 0. The number of hydrogen-bond donors (Lipinski definition) is 2.